The van der Waals surface area contributed by atoms with Gasteiger partial charge in [-0.1, -0.05) is 53.0 Å². The van der Waals surface area contributed by atoms with Crippen LogP contribution in [0.5, 0.6) is 5.75 Å². The molecule has 0 spiro atoms. The van der Waals surface area contributed by atoms with Crippen LogP contribution in [0.1, 0.15) is 31.2 Å². The summed E-state index contributed by atoms with van der Waals surface area (Å²) in [7, 11) is 1.63. The number of amides is 1. The van der Waals surface area contributed by atoms with Crippen LogP contribution in [0.2, 0.25) is 15.1 Å². The summed E-state index contributed by atoms with van der Waals surface area (Å²) in [5, 5.41) is 1.27. The molecule has 1 unspecified atom stereocenters. The highest BCUT2D eigenvalue weighted by molar-refractivity contribution is 6.35. The van der Waals surface area contributed by atoms with Gasteiger partial charge in [0.15, 0.2) is 12.4 Å². The number of rotatable bonds is 5. The highest BCUT2D eigenvalue weighted by Gasteiger charge is 2.47. The van der Waals surface area contributed by atoms with Crippen molar-refractivity contribution in [3.63, 3.8) is 0 Å². The third kappa shape index (κ3) is 4.00. The number of ether oxygens (including phenoxy) is 1. The van der Waals surface area contributed by atoms with E-state index in [4.69, 9.17) is 39.5 Å². The minimum atomic E-state index is -1.08. The second-order valence-corrected chi connectivity index (χ2v) is 8.04. The van der Waals surface area contributed by atoms with Crippen molar-refractivity contribution in [2.45, 2.75) is 31.2 Å². The molecule has 4 nitrogen and oxygen atoms in total. The molecule has 148 valence electrons. The van der Waals surface area contributed by atoms with E-state index < -0.39 is 5.54 Å². The molecule has 0 radical (unpaired) electrons. The standard InChI is InChI=1S/C21H20Cl3NO3/c1-25(20(27)13-28-18-10-9-14(22)12-17(18)24)21(11-5-4-8-19(21)26)15-6-2-3-7-16(15)23/h2-3,6-7,9-10,12H,4-5,8,11,13H2,1H3. The first-order valence-corrected chi connectivity index (χ1v) is 10.1. The largest absolute Gasteiger partial charge is 0.482 e. The van der Waals surface area contributed by atoms with Gasteiger partial charge >= 0.3 is 0 Å². The van der Waals surface area contributed by atoms with Crippen LogP contribution in [0.25, 0.3) is 0 Å². The van der Waals surface area contributed by atoms with Crippen LogP contribution in [-0.4, -0.2) is 30.2 Å². The van der Waals surface area contributed by atoms with E-state index in [1.165, 1.54) is 4.90 Å². The van der Waals surface area contributed by atoms with E-state index in [1.807, 2.05) is 12.1 Å². The Morgan fingerprint density at radius 1 is 1.11 bits per heavy atom. The van der Waals surface area contributed by atoms with E-state index >= 15 is 0 Å². The summed E-state index contributed by atoms with van der Waals surface area (Å²) in [6.07, 6.45) is 2.58. The summed E-state index contributed by atoms with van der Waals surface area (Å²) in [4.78, 5) is 27.5. The summed E-state index contributed by atoms with van der Waals surface area (Å²) in [5.74, 6) is 0.0167. The van der Waals surface area contributed by atoms with Crippen LogP contribution in [0.4, 0.5) is 0 Å². The quantitative estimate of drug-likeness (QED) is 0.615. The van der Waals surface area contributed by atoms with Crippen molar-refractivity contribution in [2.24, 2.45) is 0 Å². The normalized spacial score (nSPS) is 19.4. The smallest absolute Gasteiger partial charge is 0.261 e. The van der Waals surface area contributed by atoms with Crippen LogP contribution < -0.4 is 4.74 Å². The highest BCUT2D eigenvalue weighted by atomic mass is 35.5. The SMILES string of the molecule is CN(C(=O)COc1ccc(Cl)cc1Cl)C1(c2ccccc2Cl)CCCCC1=O. The number of hydrogen-bond donors (Lipinski definition) is 0. The Morgan fingerprint density at radius 2 is 1.86 bits per heavy atom. The summed E-state index contributed by atoms with van der Waals surface area (Å²) in [6.45, 7) is -0.253. The Hall–Kier alpha value is -1.75. The first kappa shape index (κ1) is 21.0. The van der Waals surface area contributed by atoms with E-state index in [1.54, 1.807) is 37.4 Å². The van der Waals surface area contributed by atoms with Crippen molar-refractivity contribution >= 4 is 46.5 Å². The Bertz CT molecular complexity index is 902. The van der Waals surface area contributed by atoms with Crippen LogP contribution in [-0.2, 0) is 15.1 Å². The van der Waals surface area contributed by atoms with Gasteiger partial charge in [-0.05, 0) is 43.5 Å². The number of hydrogen-bond acceptors (Lipinski definition) is 3. The predicted molar refractivity (Wildman–Crippen MR) is 111 cm³/mol. The molecule has 0 bridgehead atoms. The van der Waals surface area contributed by atoms with Gasteiger partial charge in [-0.25, -0.2) is 0 Å². The number of likely N-dealkylation sites (N-methyl/N-ethyl adjacent to an activating group) is 1. The maximum absolute atomic E-state index is 13.1. The molecule has 1 saturated carbocycles. The van der Waals surface area contributed by atoms with Crippen LogP contribution in [0, 0.1) is 0 Å². The van der Waals surface area contributed by atoms with Crippen LogP contribution in [0.15, 0.2) is 42.5 Å². The maximum atomic E-state index is 13.1. The molecule has 1 amide bonds. The fourth-order valence-corrected chi connectivity index (χ4v) is 4.43. The van der Waals surface area contributed by atoms with E-state index in [0.29, 0.717) is 39.2 Å². The Kier molecular flexibility index (Phi) is 6.54. The van der Waals surface area contributed by atoms with Gasteiger partial charge < -0.3 is 9.64 Å². The number of nitrogens with zero attached hydrogens (tertiary/aromatic N) is 1. The van der Waals surface area contributed by atoms with Gasteiger partial charge in [0, 0.05) is 29.1 Å². The Morgan fingerprint density at radius 3 is 2.54 bits per heavy atom. The molecular weight excluding hydrogens is 421 g/mol. The fourth-order valence-electron chi connectivity index (χ4n) is 3.67. The molecule has 7 heteroatoms. The van der Waals surface area contributed by atoms with Gasteiger partial charge in [0.05, 0.1) is 5.02 Å². The van der Waals surface area contributed by atoms with Gasteiger partial charge in [0.25, 0.3) is 5.91 Å². The molecule has 3 rings (SSSR count). The number of carbonyl (C=O) groups is 2. The maximum Gasteiger partial charge on any atom is 0.261 e. The van der Waals surface area contributed by atoms with Crippen molar-refractivity contribution < 1.29 is 14.3 Å². The average molecular weight is 441 g/mol. The molecule has 0 aliphatic heterocycles. The molecule has 1 fully saturated rings. The fraction of sp³-hybridized carbons (Fsp3) is 0.333. The summed E-state index contributed by atoms with van der Waals surface area (Å²) in [5.41, 5.74) is -0.428. The van der Waals surface area contributed by atoms with Crippen molar-refractivity contribution in [2.75, 3.05) is 13.7 Å². The monoisotopic (exact) mass is 439 g/mol. The third-order valence-electron chi connectivity index (χ3n) is 5.16. The summed E-state index contributed by atoms with van der Waals surface area (Å²) >= 11 is 18.4. The van der Waals surface area contributed by atoms with Crippen LogP contribution >= 0.6 is 34.8 Å². The topological polar surface area (TPSA) is 46.6 Å². The highest BCUT2D eigenvalue weighted by Crippen LogP contribution is 2.42. The van der Waals surface area contributed by atoms with Gasteiger partial charge in [-0.3, -0.25) is 9.59 Å². The lowest BCUT2D eigenvalue weighted by atomic mass is 9.74. The Labute approximate surface area is 179 Å². The van der Waals surface area contributed by atoms with E-state index in [9.17, 15) is 9.59 Å². The first-order valence-electron chi connectivity index (χ1n) is 8.99. The van der Waals surface area contributed by atoms with Crippen molar-refractivity contribution in [1.29, 1.82) is 0 Å². The van der Waals surface area contributed by atoms with Gasteiger partial charge in [-0.15, -0.1) is 0 Å². The number of Topliss-reactive ketones (excluding diaryl/α,β-unsaturated/α-hetero) is 1. The number of halogens is 3. The first-order chi connectivity index (χ1) is 13.4. The zero-order valence-electron chi connectivity index (χ0n) is 15.4. The zero-order valence-corrected chi connectivity index (χ0v) is 17.7. The average Bonchev–Trinajstić information content (AvgIpc) is 2.68. The molecule has 1 atom stereocenters. The zero-order chi connectivity index (χ0) is 20.3. The van der Waals surface area contributed by atoms with Crippen LogP contribution in [0.3, 0.4) is 0 Å². The summed E-state index contributed by atoms with van der Waals surface area (Å²) in [6, 6.07) is 12.0. The van der Waals surface area contributed by atoms with E-state index in [2.05, 4.69) is 0 Å². The number of benzene rings is 2. The lowest BCUT2D eigenvalue weighted by molar-refractivity contribution is -0.149. The van der Waals surface area contributed by atoms with Gasteiger partial charge in [0.2, 0.25) is 0 Å². The molecule has 0 N–H and O–H groups in total. The van der Waals surface area contributed by atoms with Crippen molar-refractivity contribution in [3.8, 4) is 5.75 Å². The van der Waals surface area contributed by atoms with E-state index in [0.717, 1.165) is 12.8 Å². The van der Waals surface area contributed by atoms with Gasteiger partial charge in [0.1, 0.15) is 11.3 Å². The number of ketones is 1. The molecular formula is C21H20Cl3NO3. The lowest BCUT2D eigenvalue weighted by Crippen LogP contribution is -2.55. The third-order valence-corrected chi connectivity index (χ3v) is 6.02. The molecule has 1 aliphatic carbocycles. The second kappa shape index (κ2) is 8.73. The lowest BCUT2D eigenvalue weighted by Gasteiger charge is -2.43. The van der Waals surface area contributed by atoms with Gasteiger partial charge in [-0.2, -0.15) is 0 Å². The number of carbonyl (C=O) groups excluding carboxylic acids is 2. The molecule has 0 aromatic heterocycles. The Balaban J connectivity index is 1.87. The predicted octanol–water partition coefficient (Wildman–Crippen LogP) is 5.52. The molecule has 0 heterocycles. The molecule has 0 saturated heterocycles. The second-order valence-electron chi connectivity index (χ2n) is 6.79. The minimum absolute atomic E-state index is 0.00720. The molecule has 1 aliphatic rings. The van der Waals surface area contributed by atoms with Crippen molar-refractivity contribution in [3.05, 3.63) is 63.1 Å². The molecule has 28 heavy (non-hydrogen) atoms. The van der Waals surface area contributed by atoms with E-state index in [-0.39, 0.29) is 18.3 Å². The van der Waals surface area contributed by atoms with Crippen molar-refractivity contribution in [1.82, 2.24) is 4.90 Å². The minimum Gasteiger partial charge on any atom is -0.482 e. The molecule has 2 aromatic rings. The molecule has 2 aromatic carbocycles. The summed E-state index contributed by atoms with van der Waals surface area (Å²) < 4.78 is 5.59.